The summed E-state index contributed by atoms with van der Waals surface area (Å²) in [5.41, 5.74) is 1.73. The zero-order valence-electron chi connectivity index (χ0n) is 12.4. The Labute approximate surface area is 122 Å². The molecule has 2 aromatic rings. The van der Waals surface area contributed by atoms with Crippen LogP contribution in [0.3, 0.4) is 0 Å². The van der Waals surface area contributed by atoms with Crippen molar-refractivity contribution in [3.05, 3.63) is 40.8 Å². The highest BCUT2D eigenvalue weighted by atomic mass is 16.5. The van der Waals surface area contributed by atoms with Crippen molar-refractivity contribution in [1.29, 1.82) is 0 Å². The number of rotatable bonds is 4. The van der Waals surface area contributed by atoms with Crippen molar-refractivity contribution in [2.75, 3.05) is 7.11 Å². The van der Waals surface area contributed by atoms with Crippen LogP contribution in [0.5, 0.6) is 11.5 Å². The summed E-state index contributed by atoms with van der Waals surface area (Å²) in [5.74, 6) is 0.677. The largest absolute Gasteiger partial charge is 0.507 e. The number of aromatic nitrogens is 1. The monoisotopic (exact) mass is 290 g/mol. The lowest BCUT2D eigenvalue weighted by Gasteiger charge is -2.14. The molecule has 0 aliphatic carbocycles. The van der Waals surface area contributed by atoms with E-state index in [4.69, 9.17) is 9.26 Å². The molecule has 0 spiro atoms. The number of carbonyl (C=O) groups excluding carboxylic acids is 1. The number of nitrogens with zero attached hydrogens (tertiary/aromatic N) is 1. The maximum Gasteiger partial charge on any atom is 0.255 e. The van der Waals surface area contributed by atoms with Gasteiger partial charge in [0, 0.05) is 5.56 Å². The lowest BCUT2D eigenvalue weighted by molar-refractivity contribution is 0.0936. The third kappa shape index (κ3) is 2.99. The summed E-state index contributed by atoms with van der Waals surface area (Å²) in [6, 6.07) is 4.22. The predicted octanol–water partition coefficient (Wildman–Crippen LogP) is 2.50. The van der Waals surface area contributed by atoms with E-state index in [9.17, 15) is 9.90 Å². The van der Waals surface area contributed by atoms with Crippen molar-refractivity contribution >= 4 is 5.91 Å². The number of carbonyl (C=O) groups is 1. The van der Waals surface area contributed by atoms with Gasteiger partial charge in [0.25, 0.3) is 5.91 Å². The van der Waals surface area contributed by atoms with Crippen LogP contribution in [0.4, 0.5) is 0 Å². The topological polar surface area (TPSA) is 84.6 Å². The maximum atomic E-state index is 12.3. The molecule has 1 atom stereocenters. The second-order valence-electron chi connectivity index (χ2n) is 4.82. The van der Waals surface area contributed by atoms with Crippen LogP contribution >= 0.6 is 0 Å². The first-order valence-corrected chi connectivity index (χ1v) is 6.54. The molecule has 2 N–H and O–H groups in total. The van der Waals surface area contributed by atoms with Crippen molar-refractivity contribution in [2.45, 2.75) is 26.8 Å². The third-order valence-electron chi connectivity index (χ3n) is 3.32. The van der Waals surface area contributed by atoms with Gasteiger partial charge in [0.15, 0.2) is 0 Å². The van der Waals surface area contributed by atoms with E-state index in [2.05, 4.69) is 10.5 Å². The van der Waals surface area contributed by atoms with Gasteiger partial charge >= 0.3 is 0 Å². The molecule has 1 aromatic heterocycles. The Balaban J connectivity index is 2.22. The number of hydrogen-bond donors (Lipinski definition) is 2. The van der Waals surface area contributed by atoms with Crippen LogP contribution in [-0.2, 0) is 0 Å². The molecule has 2 rings (SSSR count). The minimum atomic E-state index is -0.390. The molecule has 0 bridgehead atoms. The molecule has 0 fully saturated rings. The number of phenols is 1. The van der Waals surface area contributed by atoms with E-state index in [1.807, 2.05) is 13.8 Å². The van der Waals surface area contributed by atoms with Crippen molar-refractivity contribution in [3.63, 3.8) is 0 Å². The van der Waals surface area contributed by atoms with Gasteiger partial charge in [-0.15, -0.1) is 0 Å². The van der Waals surface area contributed by atoms with Gasteiger partial charge in [-0.2, -0.15) is 0 Å². The Bertz CT molecular complexity index is 644. The third-order valence-corrected chi connectivity index (χ3v) is 3.32. The standard InChI is InChI=1S/C15H18N2O4/c1-8(14-9(2)17-21-10(14)3)16-15(19)12-7-11(20-4)5-6-13(12)18/h5-8,18H,1-4H3,(H,16,19). The molecule has 21 heavy (non-hydrogen) atoms. The predicted molar refractivity (Wildman–Crippen MR) is 76.5 cm³/mol. The molecular weight excluding hydrogens is 272 g/mol. The molecule has 1 amide bonds. The van der Waals surface area contributed by atoms with Crippen LogP contribution in [0.1, 0.15) is 40.3 Å². The Kier molecular flexibility index (Phi) is 4.16. The number of aryl methyl sites for hydroxylation is 2. The number of methoxy groups -OCH3 is 1. The number of ether oxygens (including phenoxy) is 1. The Morgan fingerprint density at radius 3 is 2.71 bits per heavy atom. The van der Waals surface area contributed by atoms with Crippen molar-refractivity contribution in [1.82, 2.24) is 10.5 Å². The zero-order valence-corrected chi connectivity index (χ0v) is 12.4. The normalized spacial score (nSPS) is 12.0. The molecule has 6 heteroatoms. The zero-order chi connectivity index (χ0) is 15.6. The first kappa shape index (κ1) is 14.9. The van der Waals surface area contributed by atoms with Crippen molar-refractivity contribution < 1.29 is 19.2 Å². The number of amides is 1. The summed E-state index contributed by atoms with van der Waals surface area (Å²) in [4.78, 5) is 12.3. The maximum absolute atomic E-state index is 12.3. The van der Waals surface area contributed by atoms with Gasteiger partial charge in [0.2, 0.25) is 0 Å². The van der Waals surface area contributed by atoms with Gasteiger partial charge in [-0.25, -0.2) is 0 Å². The second-order valence-corrected chi connectivity index (χ2v) is 4.82. The quantitative estimate of drug-likeness (QED) is 0.903. The van der Waals surface area contributed by atoms with Gasteiger partial charge in [-0.05, 0) is 39.0 Å². The van der Waals surface area contributed by atoms with Gasteiger partial charge in [-0.1, -0.05) is 5.16 Å². The van der Waals surface area contributed by atoms with Gasteiger partial charge < -0.3 is 19.7 Å². The summed E-state index contributed by atoms with van der Waals surface area (Å²) in [7, 11) is 1.50. The summed E-state index contributed by atoms with van der Waals surface area (Å²) < 4.78 is 10.2. The average Bonchev–Trinajstić information content (AvgIpc) is 2.78. The smallest absolute Gasteiger partial charge is 0.255 e. The Morgan fingerprint density at radius 1 is 1.43 bits per heavy atom. The van der Waals surface area contributed by atoms with Gasteiger partial charge in [-0.3, -0.25) is 4.79 Å². The Hall–Kier alpha value is -2.50. The number of phenolic OH excluding ortho intramolecular Hbond substituents is 1. The minimum absolute atomic E-state index is 0.0979. The van der Waals surface area contributed by atoms with Crippen LogP contribution in [-0.4, -0.2) is 23.3 Å². The molecule has 0 saturated carbocycles. The van der Waals surface area contributed by atoms with Crippen LogP contribution in [0.25, 0.3) is 0 Å². The second kappa shape index (κ2) is 5.87. The first-order chi connectivity index (χ1) is 9.93. The molecule has 1 heterocycles. The minimum Gasteiger partial charge on any atom is -0.507 e. The van der Waals surface area contributed by atoms with E-state index in [-0.39, 0.29) is 23.3 Å². The van der Waals surface area contributed by atoms with E-state index < -0.39 is 0 Å². The molecule has 0 saturated heterocycles. The molecule has 1 unspecified atom stereocenters. The van der Waals surface area contributed by atoms with Crippen molar-refractivity contribution in [3.8, 4) is 11.5 Å². The number of hydrogen-bond acceptors (Lipinski definition) is 5. The molecular formula is C15H18N2O4. The summed E-state index contributed by atoms with van der Waals surface area (Å²) in [6.07, 6.45) is 0. The SMILES string of the molecule is COc1ccc(O)c(C(=O)NC(C)c2c(C)noc2C)c1. The lowest BCUT2D eigenvalue weighted by Crippen LogP contribution is -2.27. The fraction of sp³-hybridized carbons (Fsp3) is 0.333. The van der Waals surface area contributed by atoms with E-state index in [0.29, 0.717) is 11.5 Å². The van der Waals surface area contributed by atoms with Crippen LogP contribution < -0.4 is 10.1 Å². The molecule has 0 aliphatic heterocycles. The van der Waals surface area contributed by atoms with Crippen LogP contribution in [0.15, 0.2) is 22.7 Å². The summed E-state index contributed by atoms with van der Waals surface area (Å²) in [6.45, 7) is 5.44. The lowest BCUT2D eigenvalue weighted by atomic mass is 10.1. The summed E-state index contributed by atoms with van der Waals surface area (Å²) >= 11 is 0. The first-order valence-electron chi connectivity index (χ1n) is 6.54. The molecule has 0 radical (unpaired) electrons. The number of aromatic hydroxyl groups is 1. The summed E-state index contributed by atoms with van der Waals surface area (Å²) in [5, 5.41) is 16.5. The fourth-order valence-corrected chi connectivity index (χ4v) is 2.28. The molecule has 112 valence electrons. The fourth-order valence-electron chi connectivity index (χ4n) is 2.28. The van der Waals surface area contributed by atoms with Crippen molar-refractivity contribution in [2.24, 2.45) is 0 Å². The molecule has 1 aromatic carbocycles. The molecule has 0 aliphatic rings. The van der Waals surface area contributed by atoms with Gasteiger partial charge in [0.1, 0.15) is 17.3 Å². The van der Waals surface area contributed by atoms with Crippen LogP contribution in [0, 0.1) is 13.8 Å². The highest BCUT2D eigenvalue weighted by Gasteiger charge is 2.20. The average molecular weight is 290 g/mol. The van der Waals surface area contributed by atoms with E-state index in [1.54, 1.807) is 13.0 Å². The Morgan fingerprint density at radius 2 is 2.14 bits per heavy atom. The van der Waals surface area contributed by atoms with Gasteiger partial charge in [0.05, 0.1) is 24.4 Å². The van der Waals surface area contributed by atoms with E-state index in [0.717, 1.165) is 11.3 Å². The van der Waals surface area contributed by atoms with Crippen LogP contribution in [0.2, 0.25) is 0 Å². The highest BCUT2D eigenvalue weighted by molar-refractivity contribution is 5.97. The number of benzene rings is 1. The van der Waals surface area contributed by atoms with E-state index in [1.165, 1.54) is 19.2 Å². The highest BCUT2D eigenvalue weighted by Crippen LogP contribution is 2.25. The molecule has 6 nitrogen and oxygen atoms in total. The number of nitrogens with one attached hydrogen (secondary N) is 1. The van der Waals surface area contributed by atoms with E-state index >= 15 is 0 Å².